The number of aryl methyl sites for hydroxylation is 2. The first kappa shape index (κ1) is 20.1. The van der Waals surface area contributed by atoms with Crippen molar-refractivity contribution in [3.05, 3.63) is 82.9 Å². The first-order valence-electron chi connectivity index (χ1n) is 9.21. The minimum Gasteiger partial charge on any atom is -0.337 e. The third kappa shape index (κ3) is 4.22. The summed E-state index contributed by atoms with van der Waals surface area (Å²) in [6.45, 7) is 3.80. The fourth-order valence-corrected chi connectivity index (χ4v) is 4.06. The number of rotatable bonds is 5. The fourth-order valence-electron chi connectivity index (χ4n) is 2.87. The van der Waals surface area contributed by atoms with Crippen molar-refractivity contribution in [3.63, 3.8) is 0 Å². The number of benzene rings is 3. The highest BCUT2D eigenvalue weighted by atomic mass is 35.5. The Balaban J connectivity index is 1.78. The van der Waals surface area contributed by atoms with Gasteiger partial charge >= 0.3 is 0 Å². The molecule has 0 bridgehead atoms. The van der Waals surface area contributed by atoms with E-state index in [2.05, 4.69) is 20.0 Å². The van der Waals surface area contributed by atoms with Crippen LogP contribution in [0.5, 0.6) is 0 Å². The van der Waals surface area contributed by atoms with Gasteiger partial charge in [-0.2, -0.15) is 0 Å². The molecule has 8 heteroatoms. The summed E-state index contributed by atoms with van der Waals surface area (Å²) >= 11 is 6.23. The van der Waals surface area contributed by atoms with Crippen molar-refractivity contribution < 1.29 is 8.42 Å². The fraction of sp³-hybridized carbons (Fsp3) is 0.0909. The number of aromatic nitrogens is 2. The quantitative estimate of drug-likeness (QED) is 0.433. The van der Waals surface area contributed by atoms with Crippen LogP contribution in [0.15, 0.2) is 71.6 Å². The number of para-hydroxylation sites is 2. The predicted octanol–water partition coefficient (Wildman–Crippen LogP) is 5.44. The lowest BCUT2D eigenvalue weighted by atomic mass is 10.2. The van der Waals surface area contributed by atoms with Gasteiger partial charge in [-0.3, -0.25) is 4.72 Å². The van der Waals surface area contributed by atoms with Gasteiger partial charge in [0.25, 0.3) is 10.0 Å². The Morgan fingerprint density at radius 2 is 1.47 bits per heavy atom. The van der Waals surface area contributed by atoms with Crippen LogP contribution in [0, 0.1) is 13.8 Å². The van der Waals surface area contributed by atoms with Crippen molar-refractivity contribution >= 4 is 50.0 Å². The highest BCUT2D eigenvalue weighted by Gasteiger charge is 2.19. The number of sulfonamides is 1. The maximum absolute atomic E-state index is 12.9. The van der Waals surface area contributed by atoms with Crippen molar-refractivity contribution in [2.24, 2.45) is 0 Å². The molecule has 0 saturated heterocycles. The highest BCUT2D eigenvalue weighted by molar-refractivity contribution is 7.92. The minimum atomic E-state index is -3.85. The number of hydrogen-bond acceptors (Lipinski definition) is 5. The summed E-state index contributed by atoms with van der Waals surface area (Å²) in [7, 11) is -3.85. The summed E-state index contributed by atoms with van der Waals surface area (Å²) in [5, 5.41) is 3.72. The van der Waals surface area contributed by atoms with Gasteiger partial charge < -0.3 is 5.32 Å². The van der Waals surface area contributed by atoms with E-state index >= 15 is 0 Å². The standard InChI is InChI=1S/C22H19ClN4O2S/c1-14-7-11-17(12-8-14)30(28,29)27-22-21(24-16-10-9-15(2)18(23)13-16)25-19-5-3-4-6-20(19)26-22/h3-13H,1-2H3,(H,24,25)(H,26,27). The Hall–Kier alpha value is -3.16. The summed E-state index contributed by atoms with van der Waals surface area (Å²) in [5.74, 6) is 0.385. The van der Waals surface area contributed by atoms with Gasteiger partial charge in [-0.25, -0.2) is 18.4 Å². The number of halogens is 1. The number of fused-ring (bicyclic) bond motifs is 1. The van der Waals surface area contributed by atoms with E-state index in [0.717, 1.165) is 11.1 Å². The molecule has 152 valence electrons. The monoisotopic (exact) mass is 438 g/mol. The van der Waals surface area contributed by atoms with Gasteiger partial charge in [0.1, 0.15) is 0 Å². The van der Waals surface area contributed by atoms with E-state index in [0.29, 0.717) is 21.7 Å². The van der Waals surface area contributed by atoms with E-state index in [1.165, 1.54) is 0 Å². The zero-order valence-corrected chi connectivity index (χ0v) is 17.9. The summed E-state index contributed by atoms with van der Waals surface area (Å²) in [6, 6.07) is 19.3. The van der Waals surface area contributed by atoms with E-state index in [-0.39, 0.29) is 16.5 Å². The molecule has 0 aliphatic carbocycles. The number of hydrogen-bond donors (Lipinski definition) is 2. The van der Waals surface area contributed by atoms with Crippen molar-refractivity contribution in [3.8, 4) is 0 Å². The van der Waals surface area contributed by atoms with Crippen LogP contribution in [0.1, 0.15) is 11.1 Å². The van der Waals surface area contributed by atoms with E-state index in [9.17, 15) is 8.42 Å². The van der Waals surface area contributed by atoms with Crippen molar-refractivity contribution in [2.45, 2.75) is 18.7 Å². The van der Waals surface area contributed by atoms with Gasteiger partial charge in [0.15, 0.2) is 11.6 Å². The zero-order valence-electron chi connectivity index (χ0n) is 16.3. The largest absolute Gasteiger partial charge is 0.337 e. The Morgan fingerprint density at radius 3 is 2.10 bits per heavy atom. The van der Waals surface area contributed by atoms with Crippen LogP contribution in [0.25, 0.3) is 11.0 Å². The molecular formula is C22H19ClN4O2S. The van der Waals surface area contributed by atoms with Gasteiger partial charge in [-0.15, -0.1) is 0 Å². The lowest BCUT2D eigenvalue weighted by molar-refractivity contribution is 0.601. The summed E-state index contributed by atoms with van der Waals surface area (Å²) in [5.41, 5.74) is 3.79. The second-order valence-corrected chi connectivity index (χ2v) is 9.01. The van der Waals surface area contributed by atoms with Gasteiger partial charge in [0, 0.05) is 10.7 Å². The summed E-state index contributed by atoms with van der Waals surface area (Å²) in [6.07, 6.45) is 0. The molecule has 0 unspecified atom stereocenters. The van der Waals surface area contributed by atoms with E-state index in [1.54, 1.807) is 36.4 Å². The molecule has 6 nitrogen and oxygen atoms in total. The lowest BCUT2D eigenvalue weighted by Gasteiger charge is -2.14. The van der Waals surface area contributed by atoms with Crippen LogP contribution in [0.2, 0.25) is 5.02 Å². The SMILES string of the molecule is Cc1ccc(S(=O)(=O)Nc2nc3ccccc3nc2Nc2ccc(C)c(Cl)c2)cc1. The lowest BCUT2D eigenvalue weighted by Crippen LogP contribution is -2.16. The second-order valence-electron chi connectivity index (χ2n) is 6.92. The topological polar surface area (TPSA) is 84.0 Å². The van der Waals surface area contributed by atoms with Crippen LogP contribution in [0.4, 0.5) is 17.3 Å². The third-order valence-corrected chi connectivity index (χ3v) is 6.33. The van der Waals surface area contributed by atoms with Crippen LogP contribution >= 0.6 is 11.6 Å². The van der Waals surface area contributed by atoms with Crippen LogP contribution in [0.3, 0.4) is 0 Å². The number of nitrogens with zero attached hydrogens (tertiary/aromatic N) is 2. The van der Waals surface area contributed by atoms with Crippen LogP contribution < -0.4 is 10.0 Å². The smallest absolute Gasteiger partial charge is 0.263 e. The molecule has 4 rings (SSSR count). The molecule has 0 fully saturated rings. The second kappa shape index (κ2) is 7.93. The molecule has 0 radical (unpaired) electrons. The summed E-state index contributed by atoms with van der Waals surface area (Å²) in [4.78, 5) is 9.21. The Kier molecular flexibility index (Phi) is 5.32. The van der Waals surface area contributed by atoms with Gasteiger partial charge in [-0.05, 0) is 55.8 Å². The van der Waals surface area contributed by atoms with E-state index in [1.807, 2.05) is 44.2 Å². The third-order valence-electron chi connectivity index (χ3n) is 4.57. The molecule has 0 atom stereocenters. The molecule has 1 aromatic heterocycles. The minimum absolute atomic E-state index is 0.103. The molecule has 0 aliphatic rings. The summed E-state index contributed by atoms with van der Waals surface area (Å²) < 4.78 is 28.4. The van der Waals surface area contributed by atoms with Crippen molar-refractivity contribution in [1.29, 1.82) is 0 Å². The van der Waals surface area contributed by atoms with Crippen molar-refractivity contribution in [2.75, 3.05) is 10.0 Å². The maximum atomic E-state index is 12.9. The first-order valence-corrected chi connectivity index (χ1v) is 11.1. The molecule has 3 aromatic carbocycles. The van der Waals surface area contributed by atoms with Crippen LogP contribution in [-0.2, 0) is 10.0 Å². The van der Waals surface area contributed by atoms with Crippen LogP contribution in [-0.4, -0.2) is 18.4 Å². The molecule has 0 amide bonds. The molecular weight excluding hydrogens is 420 g/mol. The Morgan fingerprint density at radius 1 is 0.833 bits per heavy atom. The molecule has 0 saturated carbocycles. The molecule has 4 aromatic rings. The van der Waals surface area contributed by atoms with E-state index in [4.69, 9.17) is 11.6 Å². The Bertz CT molecular complexity index is 1340. The molecule has 2 N–H and O–H groups in total. The van der Waals surface area contributed by atoms with Crippen molar-refractivity contribution in [1.82, 2.24) is 9.97 Å². The average Bonchev–Trinajstić information content (AvgIpc) is 2.71. The molecule has 0 spiro atoms. The zero-order chi connectivity index (χ0) is 21.3. The normalized spacial score (nSPS) is 11.4. The van der Waals surface area contributed by atoms with Gasteiger partial charge in [0.05, 0.1) is 15.9 Å². The van der Waals surface area contributed by atoms with Gasteiger partial charge in [-0.1, -0.05) is 47.5 Å². The maximum Gasteiger partial charge on any atom is 0.263 e. The molecule has 0 aliphatic heterocycles. The Labute approximate surface area is 180 Å². The number of nitrogens with one attached hydrogen (secondary N) is 2. The first-order chi connectivity index (χ1) is 14.3. The highest BCUT2D eigenvalue weighted by Crippen LogP contribution is 2.29. The molecule has 30 heavy (non-hydrogen) atoms. The van der Waals surface area contributed by atoms with Gasteiger partial charge in [0.2, 0.25) is 0 Å². The number of anilines is 3. The molecule has 1 heterocycles. The average molecular weight is 439 g/mol. The predicted molar refractivity (Wildman–Crippen MR) is 121 cm³/mol. The van der Waals surface area contributed by atoms with E-state index < -0.39 is 10.0 Å².